The number of fused-ring (bicyclic) bond motifs is 1. The highest BCUT2D eigenvalue weighted by Crippen LogP contribution is 2.27. The number of carbonyl (C=O) groups excluding carboxylic acids is 1. The lowest BCUT2D eigenvalue weighted by Gasteiger charge is -2.31. The summed E-state index contributed by atoms with van der Waals surface area (Å²) in [6, 6.07) is 16.7. The first-order valence-electron chi connectivity index (χ1n) is 8.61. The standard InChI is InChI=1S/C20H20N4O2/c1-23-13-19-22-21-18(12-15-7-9-16(25)10-8-15)24(19)17(20(23)26)11-14-5-3-2-4-6-14/h2-10,17,25H,11-13H2,1H3/t17-/m1/s1. The van der Waals surface area contributed by atoms with Crippen molar-refractivity contribution in [3.8, 4) is 5.75 Å². The van der Waals surface area contributed by atoms with Crippen molar-refractivity contribution in [2.24, 2.45) is 0 Å². The summed E-state index contributed by atoms with van der Waals surface area (Å²) in [7, 11) is 1.80. The summed E-state index contributed by atoms with van der Waals surface area (Å²) >= 11 is 0. The van der Waals surface area contributed by atoms with Crippen LogP contribution in [0.2, 0.25) is 0 Å². The third-order valence-electron chi connectivity index (χ3n) is 4.76. The van der Waals surface area contributed by atoms with Crippen LogP contribution < -0.4 is 0 Å². The van der Waals surface area contributed by atoms with Gasteiger partial charge in [-0.1, -0.05) is 42.5 Å². The predicted octanol–water partition coefficient (Wildman–Crippen LogP) is 2.33. The molecular weight excluding hydrogens is 328 g/mol. The van der Waals surface area contributed by atoms with E-state index in [4.69, 9.17) is 0 Å². The van der Waals surface area contributed by atoms with Gasteiger partial charge in [0, 0.05) is 19.9 Å². The number of aromatic nitrogens is 3. The van der Waals surface area contributed by atoms with Crippen LogP contribution in [0.15, 0.2) is 54.6 Å². The van der Waals surface area contributed by atoms with Crippen LogP contribution in [0.4, 0.5) is 0 Å². The van der Waals surface area contributed by atoms with Gasteiger partial charge in [-0.25, -0.2) is 0 Å². The Balaban J connectivity index is 1.69. The summed E-state index contributed by atoms with van der Waals surface area (Å²) in [6.45, 7) is 0.465. The van der Waals surface area contributed by atoms with Gasteiger partial charge in [0.25, 0.3) is 0 Å². The molecule has 1 N–H and O–H groups in total. The fraction of sp³-hybridized carbons (Fsp3) is 0.250. The van der Waals surface area contributed by atoms with Crippen molar-refractivity contribution in [3.05, 3.63) is 77.4 Å². The van der Waals surface area contributed by atoms with Gasteiger partial charge < -0.3 is 14.6 Å². The summed E-state index contributed by atoms with van der Waals surface area (Å²) in [6.07, 6.45) is 1.17. The molecule has 0 aliphatic carbocycles. The zero-order valence-electron chi connectivity index (χ0n) is 14.5. The number of hydrogen-bond donors (Lipinski definition) is 1. The molecule has 1 aromatic heterocycles. The molecule has 1 aliphatic rings. The monoisotopic (exact) mass is 348 g/mol. The molecule has 1 amide bonds. The number of nitrogens with zero attached hydrogens (tertiary/aromatic N) is 4. The quantitative estimate of drug-likeness (QED) is 0.785. The van der Waals surface area contributed by atoms with E-state index in [2.05, 4.69) is 10.2 Å². The third-order valence-corrected chi connectivity index (χ3v) is 4.76. The van der Waals surface area contributed by atoms with E-state index < -0.39 is 0 Å². The molecule has 26 heavy (non-hydrogen) atoms. The Morgan fingerprint density at radius 1 is 1.04 bits per heavy atom. The van der Waals surface area contributed by atoms with E-state index in [9.17, 15) is 9.90 Å². The Morgan fingerprint density at radius 2 is 1.77 bits per heavy atom. The zero-order chi connectivity index (χ0) is 18.1. The number of benzene rings is 2. The molecule has 0 spiro atoms. The van der Waals surface area contributed by atoms with E-state index in [0.717, 1.165) is 22.8 Å². The highest BCUT2D eigenvalue weighted by molar-refractivity contribution is 5.81. The lowest BCUT2D eigenvalue weighted by molar-refractivity contribution is -0.136. The van der Waals surface area contributed by atoms with Crippen molar-refractivity contribution in [2.75, 3.05) is 7.05 Å². The third kappa shape index (κ3) is 3.06. The van der Waals surface area contributed by atoms with Crippen LogP contribution in [0, 0.1) is 0 Å². The van der Waals surface area contributed by atoms with Crippen molar-refractivity contribution in [1.29, 1.82) is 0 Å². The van der Waals surface area contributed by atoms with Crippen LogP contribution in [0.3, 0.4) is 0 Å². The first kappa shape index (κ1) is 16.3. The Morgan fingerprint density at radius 3 is 2.50 bits per heavy atom. The SMILES string of the molecule is CN1Cc2nnc(Cc3ccc(O)cc3)n2[C@H](Cc2ccccc2)C1=O. The van der Waals surface area contributed by atoms with Crippen molar-refractivity contribution in [2.45, 2.75) is 25.4 Å². The lowest BCUT2D eigenvalue weighted by Crippen LogP contribution is -2.41. The van der Waals surface area contributed by atoms with Crippen LogP contribution in [0.1, 0.15) is 28.8 Å². The van der Waals surface area contributed by atoms with E-state index >= 15 is 0 Å². The maximum Gasteiger partial charge on any atom is 0.246 e. The lowest BCUT2D eigenvalue weighted by atomic mass is 10.0. The van der Waals surface area contributed by atoms with E-state index in [-0.39, 0.29) is 17.7 Å². The minimum absolute atomic E-state index is 0.0770. The fourth-order valence-corrected chi connectivity index (χ4v) is 3.42. The number of aromatic hydroxyl groups is 1. The minimum Gasteiger partial charge on any atom is -0.508 e. The smallest absolute Gasteiger partial charge is 0.246 e. The largest absolute Gasteiger partial charge is 0.508 e. The van der Waals surface area contributed by atoms with Gasteiger partial charge in [0.05, 0.1) is 6.54 Å². The molecule has 2 heterocycles. The van der Waals surface area contributed by atoms with E-state index in [1.165, 1.54) is 0 Å². The van der Waals surface area contributed by atoms with Gasteiger partial charge in [-0.15, -0.1) is 10.2 Å². The molecule has 1 atom stereocenters. The van der Waals surface area contributed by atoms with Crippen molar-refractivity contribution in [3.63, 3.8) is 0 Å². The van der Waals surface area contributed by atoms with Crippen LogP contribution in [-0.4, -0.2) is 37.7 Å². The molecule has 0 radical (unpaired) electrons. The molecule has 2 aromatic carbocycles. The van der Waals surface area contributed by atoms with Gasteiger partial charge in [-0.05, 0) is 23.3 Å². The molecule has 3 aromatic rings. The molecule has 6 nitrogen and oxygen atoms in total. The predicted molar refractivity (Wildman–Crippen MR) is 96.6 cm³/mol. The topological polar surface area (TPSA) is 71.2 Å². The summed E-state index contributed by atoms with van der Waals surface area (Å²) in [5, 5.41) is 18.1. The second kappa shape index (κ2) is 6.63. The van der Waals surface area contributed by atoms with E-state index in [1.807, 2.05) is 47.0 Å². The molecule has 0 saturated carbocycles. The number of carbonyl (C=O) groups is 1. The summed E-state index contributed by atoms with van der Waals surface area (Å²) in [5.41, 5.74) is 2.12. The Labute approximate surface area is 151 Å². The van der Waals surface area contributed by atoms with Gasteiger partial charge in [-0.2, -0.15) is 0 Å². The molecule has 0 saturated heterocycles. The van der Waals surface area contributed by atoms with Gasteiger partial charge in [0.15, 0.2) is 5.82 Å². The minimum atomic E-state index is -0.340. The Bertz CT molecular complexity index is 919. The second-order valence-electron chi connectivity index (χ2n) is 6.65. The molecule has 6 heteroatoms. The fourth-order valence-electron chi connectivity index (χ4n) is 3.42. The molecule has 1 aliphatic heterocycles. The first-order chi connectivity index (χ1) is 12.6. The van der Waals surface area contributed by atoms with Gasteiger partial charge >= 0.3 is 0 Å². The summed E-state index contributed by atoms with van der Waals surface area (Å²) in [4.78, 5) is 14.6. The second-order valence-corrected chi connectivity index (χ2v) is 6.65. The number of phenols is 1. The highest BCUT2D eigenvalue weighted by atomic mass is 16.3. The molecule has 4 rings (SSSR count). The molecule has 0 unspecified atom stereocenters. The van der Waals surface area contributed by atoms with Crippen LogP contribution in [0.25, 0.3) is 0 Å². The van der Waals surface area contributed by atoms with Crippen molar-refractivity contribution >= 4 is 5.91 Å². The first-order valence-corrected chi connectivity index (χ1v) is 8.61. The average molecular weight is 348 g/mol. The van der Waals surface area contributed by atoms with E-state index in [1.54, 1.807) is 24.1 Å². The van der Waals surface area contributed by atoms with Crippen LogP contribution in [0.5, 0.6) is 5.75 Å². The van der Waals surface area contributed by atoms with Gasteiger partial charge in [0.2, 0.25) is 5.91 Å². The van der Waals surface area contributed by atoms with Crippen LogP contribution >= 0.6 is 0 Å². The van der Waals surface area contributed by atoms with Crippen molar-refractivity contribution < 1.29 is 9.90 Å². The number of rotatable bonds is 4. The van der Waals surface area contributed by atoms with Crippen LogP contribution in [-0.2, 0) is 24.2 Å². The Hall–Kier alpha value is -3.15. The average Bonchev–Trinajstić information content (AvgIpc) is 3.04. The van der Waals surface area contributed by atoms with Gasteiger partial charge in [-0.3, -0.25) is 4.79 Å². The Kier molecular flexibility index (Phi) is 4.16. The number of phenolic OH excluding ortho intramolecular Hbond substituents is 1. The summed E-state index contributed by atoms with van der Waals surface area (Å²) < 4.78 is 1.99. The number of likely N-dealkylation sites (N-methyl/N-ethyl adjacent to an activating group) is 1. The van der Waals surface area contributed by atoms with E-state index in [0.29, 0.717) is 19.4 Å². The van der Waals surface area contributed by atoms with Gasteiger partial charge in [0.1, 0.15) is 17.6 Å². The van der Waals surface area contributed by atoms with Crippen molar-refractivity contribution in [1.82, 2.24) is 19.7 Å². The molecular formula is C20H20N4O2. The molecule has 132 valence electrons. The maximum atomic E-state index is 12.9. The normalized spacial score (nSPS) is 16.6. The number of hydrogen-bond acceptors (Lipinski definition) is 4. The maximum absolute atomic E-state index is 12.9. The highest BCUT2D eigenvalue weighted by Gasteiger charge is 2.34. The zero-order valence-corrected chi connectivity index (χ0v) is 14.5. The molecule has 0 bridgehead atoms. The number of amides is 1. The molecule has 0 fully saturated rings. The summed E-state index contributed by atoms with van der Waals surface area (Å²) in [5.74, 6) is 1.89.